The second-order valence-corrected chi connectivity index (χ2v) is 9.82. The summed E-state index contributed by atoms with van der Waals surface area (Å²) in [6, 6.07) is 10.2. The van der Waals surface area contributed by atoms with Gasteiger partial charge in [0.25, 0.3) is 0 Å². The summed E-state index contributed by atoms with van der Waals surface area (Å²) in [7, 11) is 0. The van der Waals surface area contributed by atoms with Crippen LogP contribution in [-0.2, 0) is 11.2 Å². The SMILES string of the molecule is C=CCCC(O)CN(CC(=O)N1CCc2sccc2C1COc1cccc(C)c1)C(C)C. The summed E-state index contributed by atoms with van der Waals surface area (Å²) in [5, 5.41) is 12.5. The van der Waals surface area contributed by atoms with Crippen molar-refractivity contribution in [3.63, 3.8) is 0 Å². The number of thiophene rings is 1. The molecule has 1 aromatic heterocycles. The van der Waals surface area contributed by atoms with Crippen molar-refractivity contribution < 1.29 is 14.6 Å². The number of aryl methyl sites for hydroxylation is 1. The lowest BCUT2D eigenvalue weighted by molar-refractivity contribution is -0.137. The number of ether oxygens (including phenoxy) is 1. The average molecular weight is 457 g/mol. The van der Waals surface area contributed by atoms with Gasteiger partial charge in [-0.3, -0.25) is 9.69 Å². The third-order valence-corrected chi connectivity index (χ3v) is 7.03. The van der Waals surface area contributed by atoms with E-state index in [0.29, 0.717) is 32.7 Å². The first kappa shape index (κ1) is 24.5. The monoisotopic (exact) mass is 456 g/mol. The Kier molecular flexibility index (Phi) is 8.91. The first-order valence-corrected chi connectivity index (χ1v) is 12.3. The van der Waals surface area contributed by atoms with Crippen LogP contribution in [0.1, 0.15) is 48.7 Å². The second kappa shape index (κ2) is 11.6. The first-order chi connectivity index (χ1) is 15.4. The van der Waals surface area contributed by atoms with E-state index in [1.165, 1.54) is 10.4 Å². The second-order valence-electron chi connectivity index (χ2n) is 8.82. The quantitative estimate of drug-likeness (QED) is 0.502. The van der Waals surface area contributed by atoms with E-state index in [1.807, 2.05) is 42.2 Å². The molecule has 0 spiro atoms. The van der Waals surface area contributed by atoms with Gasteiger partial charge in [0.2, 0.25) is 5.91 Å². The van der Waals surface area contributed by atoms with Crippen molar-refractivity contribution in [2.45, 2.75) is 58.2 Å². The van der Waals surface area contributed by atoms with E-state index in [9.17, 15) is 9.90 Å². The van der Waals surface area contributed by atoms with Gasteiger partial charge in [0, 0.05) is 24.0 Å². The Morgan fingerprint density at radius 1 is 1.41 bits per heavy atom. The molecule has 1 N–H and O–H groups in total. The minimum Gasteiger partial charge on any atom is -0.491 e. The van der Waals surface area contributed by atoms with Crippen LogP contribution in [-0.4, -0.2) is 59.2 Å². The summed E-state index contributed by atoms with van der Waals surface area (Å²) in [4.78, 5) is 18.8. The molecular formula is C26H36N2O3S. The maximum absolute atomic E-state index is 13.5. The number of allylic oxidation sites excluding steroid dienone is 1. The fraction of sp³-hybridized carbons (Fsp3) is 0.500. The van der Waals surface area contributed by atoms with Crippen molar-refractivity contribution in [1.82, 2.24) is 9.80 Å². The lowest BCUT2D eigenvalue weighted by Gasteiger charge is -2.38. The van der Waals surface area contributed by atoms with E-state index >= 15 is 0 Å². The van der Waals surface area contributed by atoms with Crippen LogP contribution in [0.5, 0.6) is 5.75 Å². The van der Waals surface area contributed by atoms with E-state index in [0.717, 1.165) is 24.2 Å². The van der Waals surface area contributed by atoms with Crippen LogP contribution in [0.3, 0.4) is 0 Å². The van der Waals surface area contributed by atoms with Crippen LogP contribution in [0, 0.1) is 6.92 Å². The highest BCUT2D eigenvalue weighted by Crippen LogP contribution is 2.34. The zero-order chi connectivity index (χ0) is 23.1. The Morgan fingerprint density at radius 2 is 2.22 bits per heavy atom. The minimum atomic E-state index is -0.464. The number of fused-ring (bicyclic) bond motifs is 1. The third kappa shape index (κ3) is 6.44. The Labute approximate surface area is 196 Å². The number of carbonyl (C=O) groups excluding carboxylic acids is 1. The Balaban J connectivity index is 1.71. The molecule has 2 unspecified atom stereocenters. The number of hydrogen-bond donors (Lipinski definition) is 1. The highest BCUT2D eigenvalue weighted by atomic mass is 32.1. The molecule has 5 nitrogen and oxygen atoms in total. The highest BCUT2D eigenvalue weighted by molar-refractivity contribution is 7.10. The van der Waals surface area contributed by atoms with Crippen molar-refractivity contribution >= 4 is 17.2 Å². The molecule has 0 fully saturated rings. The molecule has 3 rings (SSSR count). The molecule has 0 radical (unpaired) electrons. The smallest absolute Gasteiger partial charge is 0.237 e. The van der Waals surface area contributed by atoms with Gasteiger partial charge in [0.05, 0.1) is 18.7 Å². The largest absolute Gasteiger partial charge is 0.491 e. The predicted octanol–water partition coefficient (Wildman–Crippen LogP) is 4.60. The van der Waals surface area contributed by atoms with Crippen LogP contribution < -0.4 is 4.74 Å². The van der Waals surface area contributed by atoms with Crippen molar-refractivity contribution in [3.8, 4) is 5.75 Å². The highest BCUT2D eigenvalue weighted by Gasteiger charge is 2.33. The Bertz CT molecular complexity index is 895. The van der Waals surface area contributed by atoms with Gasteiger partial charge in [-0.25, -0.2) is 0 Å². The molecule has 0 bridgehead atoms. The fourth-order valence-electron chi connectivity index (χ4n) is 4.15. The van der Waals surface area contributed by atoms with Gasteiger partial charge in [-0.15, -0.1) is 17.9 Å². The summed E-state index contributed by atoms with van der Waals surface area (Å²) in [6.07, 6.45) is 3.67. The Morgan fingerprint density at radius 3 is 2.94 bits per heavy atom. The molecule has 2 atom stereocenters. The summed E-state index contributed by atoms with van der Waals surface area (Å²) >= 11 is 1.76. The number of aliphatic hydroxyl groups is 1. The van der Waals surface area contributed by atoms with Gasteiger partial charge in [-0.1, -0.05) is 18.2 Å². The van der Waals surface area contributed by atoms with Crippen molar-refractivity contribution in [2.24, 2.45) is 0 Å². The first-order valence-electron chi connectivity index (χ1n) is 11.5. The summed E-state index contributed by atoms with van der Waals surface area (Å²) < 4.78 is 6.14. The van der Waals surface area contributed by atoms with E-state index in [-0.39, 0.29) is 18.0 Å². The van der Waals surface area contributed by atoms with Crippen LogP contribution in [0.4, 0.5) is 0 Å². The van der Waals surface area contributed by atoms with Crippen LogP contribution >= 0.6 is 11.3 Å². The molecule has 6 heteroatoms. The van der Waals surface area contributed by atoms with E-state index in [4.69, 9.17) is 4.74 Å². The molecule has 1 aromatic carbocycles. The van der Waals surface area contributed by atoms with E-state index < -0.39 is 6.10 Å². The molecule has 0 saturated carbocycles. The fourth-order valence-corrected chi connectivity index (χ4v) is 5.08. The summed E-state index contributed by atoms with van der Waals surface area (Å²) in [5.41, 5.74) is 2.35. The van der Waals surface area contributed by atoms with Gasteiger partial charge >= 0.3 is 0 Å². The van der Waals surface area contributed by atoms with Gasteiger partial charge in [0.15, 0.2) is 0 Å². The van der Waals surface area contributed by atoms with Crippen LogP contribution in [0.15, 0.2) is 48.4 Å². The predicted molar refractivity (Wildman–Crippen MR) is 131 cm³/mol. The van der Waals surface area contributed by atoms with Crippen molar-refractivity contribution in [1.29, 1.82) is 0 Å². The molecule has 0 saturated heterocycles. The maximum Gasteiger partial charge on any atom is 0.237 e. The van der Waals surface area contributed by atoms with Crippen molar-refractivity contribution in [2.75, 3.05) is 26.2 Å². The van der Waals surface area contributed by atoms with Gasteiger partial charge in [-0.05, 0) is 74.7 Å². The molecule has 1 aliphatic heterocycles. The zero-order valence-electron chi connectivity index (χ0n) is 19.5. The lowest BCUT2D eigenvalue weighted by Crippen LogP contribution is -2.49. The van der Waals surface area contributed by atoms with Gasteiger partial charge in [0.1, 0.15) is 12.4 Å². The molecule has 0 aliphatic carbocycles. The number of amides is 1. The normalized spacial score (nSPS) is 16.8. The van der Waals surface area contributed by atoms with Crippen LogP contribution in [0.2, 0.25) is 0 Å². The lowest BCUT2D eigenvalue weighted by atomic mass is 10.00. The zero-order valence-corrected chi connectivity index (χ0v) is 20.3. The molecule has 174 valence electrons. The molecule has 2 heterocycles. The number of hydrogen-bond acceptors (Lipinski definition) is 5. The van der Waals surface area contributed by atoms with Crippen molar-refractivity contribution in [3.05, 3.63) is 64.4 Å². The molecule has 2 aromatic rings. The summed E-state index contributed by atoms with van der Waals surface area (Å²) in [5.74, 6) is 0.915. The number of nitrogens with zero attached hydrogens (tertiary/aromatic N) is 2. The topological polar surface area (TPSA) is 53.0 Å². The third-order valence-electron chi connectivity index (χ3n) is 6.03. The van der Waals surface area contributed by atoms with Gasteiger partial charge in [-0.2, -0.15) is 0 Å². The maximum atomic E-state index is 13.5. The number of rotatable bonds is 11. The Hall–Kier alpha value is -2.15. The van der Waals surface area contributed by atoms with E-state index in [1.54, 1.807) is 11.3 Å². The van der Waals surface area contributed by atoms with E-state index in [2.05, 4.69) is 36.8 Å². The van der Waals surface area contributed by atoms with Crippen LogP contribution in [0.25, 0.3) is 0 Å². The average Bonchev–Trinajstić information content (AvgIpc) is 3.24. The number of benzene rings is 1. The summed E-state index contributed by atoms with van der Waals surface area (Å²) in [6.45, 7) is 11.8. The number of aliphatic hydroxyl groups excluding tert-OH is 1. The molecular weight excluding hydrogens is 420 g/mol. The molecule has 1 aliphatic rings. The molecule has 32 heavy (non-hydrogen) atoms. The van der Waals surface area contributed by atoms with Gasteiger partial charge < -0.3 is 14.7 Å². The minimum absolute atomic E-state index is 0.0873. The number of carbonyl (C=O) groups is 1. The molecule has 1 amide bonds. The standard InChI is InChI=1S/C26H36N2O3S/c1-5-6-9-21(29)16-27(19(2)3)17-26(30)28-13-11-25-23(12-14-32-25)24(28)18-31-22-10-7-8-20(4)15-22/h5,7-8,10,12,14-15,19,21,24,29H,1,6,9,11,13,16-18H2,2-4H3.